The van der Waals surface area contributed by atoms with Crippen molar-refractivity contribution in [2.24, 2.45) is 4.99 Å². The molecule has 0 aliphatic heterocycles. The second-order valence-corrected chi connectivity index (χ2v) is 7.23. The number of rotatable bonds is 5. The maximum Gasteiger partial charge on any atom is 0.257 e. The van der Waals surface area contributed by atoms with Crippen LogP contribution >= 0.6 is 11.8 Å². The molecule has 2 aromatic heterocycles. The van der Waals surface area contributed by atoms with Crippen molar-refractivity contribution in [3.05, 3.63) is 83.3 Å². The van der Waals surface area contributed by atoms with Crippen molar-refractivity contribution >= 4 is 28.5 Å². The number of aliphatic imine (C=N–C) groups is 1. The lowest BCUT2D eigenvalue weighted by molar-refractivity contribution is 0.102. The molecule has 1 amide bonds. The lowest BCUT2D eigenvalue weighted by atomic mass is 10.0. The van der Waals surface area contributed by atoms with Crippen molar-refractivity contribution in [2.75, 3.05) is 12.4 Å². The molecule has 1 aromatic carbocycles. The molecule has 0 saturated carbocycles. The number of carbonyl (C=O) groups excluding carboxylic acids is 1. The van der Waals surface area contributed by atoms with E-state index >= 15 is 0 Å². The Hall–Kier alpha value is -3.32. The van der Waals surface area contributed by atoms with Crippen molar-refractivity contribution in [2.45, 2.75) is 13.8 Å². The lowest BCUT2D eigenvalue weighted by Crippen LogP contribution is -2.14. The lowest BCUT2D eigenvalue weighted by Gasteiger charge is -2.10. The molecule has 0 radical (unpaired) electrons. The standard InChI is InChI=1S/C22H21N5OS/c1-5-29-22(23-4)16-7-6-14(2)18(10-16)19-12-26-20(13-25-19)27-21(28)17-8-9-24-11-15(17)3/h5-13H,1H2,2-4H3,(H,26,27,28). The van der Waals surface area contributed by atoms with Crippen molar-refractivity contribution in [3.63, 3.8) is 0 Å². The van der Waals surface area contributed by atoms with E-state index in [1.54, 1.807) is 43.3 Å². The Labute approximate surface area is 174 Å². The van der Waals surface area contributed by atoms with Crippen molar-refractivity contribution in [1.82, 2.24) is 15.0 Å². The van der Waals surface area contributed by atoms with Crippen molar-refractivity contribution in [3.8, 4) is 11.3 Å². The number of pyridine rings is 1. The molecule has 0 bridgehead atoms. The summed E-state index contributed by atoms with van der Waals surface area (Å²) in [5, 5.41) is 5.41. The number of carbonyl (C=O) groups is 1. The molecule has 2 heterocycles. The van der Waals surface area contributed by atoms with Crippen LogP contribution in [-0.2, 0) is 0 Å². The van der Waals surface area contributed by atoms with E-state index in [4.69, 9.17) is 0 Å². The third kappa shape index (κ3) is 4.75. The second kappa shape index (κ2) is 9.25. The van der Waals surface area contributed by atoms with E-state index in [0.29, 0.717) is 11.4 Å². The van der Waals surface area contributed by atoms with Gasteiger partial charge in [0.15, 0.2) is 5.82 Å². The Kier molecular flexibility index (Phi) is 6.51. The highest BCUT2D eigenvalue weighted by Crippen LogP contribution is 2.25. The van der Waals surface area contributed by atoms with Gasteiger partial charge in [-0.05, 0) is 42.5 Å². The van der Waals surface area contributed by atoms with E-state index in [2.05, 4.69) is 31.8 Å². The number of hydrogen-bond acceptors (Lipinski definition) is 6. The van der Waals surface area contributed by atoms with Crippen LogP contribution in [0.15, 0.2) is 66.0 Å². The Balaban J connectivity index is 1.84. The molecule has 3 rings (SSSR count). The van der Waals surface area contributed by atoms with Crippen LogP contribution in [0.3, 0.4) is 0 Å². The molecule has 0 saturated heterocycles. The fourth-order valence-electron chi connectivity index (χ4n) is 2.80. The molecule has 0 fully saturated rings. The minimum Gasteiger partial charge on any atom is -0.305 e. The maximum atomic E-state index is 12.4. The van der Waals surface area contributed by atoms with Crippen LogP contribution in [0.2, 0.25) is 0 Å². The van der Waals surface area contributed by atoms with Gasteiger partial charge in [0.25, 0.3) is 5.91 Å². The Morgan fingerprint density at radius 3 is 2.62 bits per heavy atom. The third-order valence-electron chi connectivity index (χ3n) is 4.32. The van der Waals surface area contributed by atoms with E-state index in [1.165, 1.54) is 11.8 Å². The molecule has 0 unspecified atom stereocenters. The van der Waals surface area contributed by atoms with Crippen LogP contribution < -0.4 is 5.32 Å². The van der Waals surface area contributed by atoms with Gasteiger partial charge in [-0.3, -0.25) is 19.8 Å². The molecule has 7 heteroatoms. The molecule has 0 atom stereocenters. The number of hydrogen-bond donors (Lipinski definition) is 1. The average molecular weight is 404 g/mol. The van der Waals surface area contributed by atoms with Gasteiger partial charge in [0.05, 0.1) is 18.1 Å². The van der Waals surface area contributed by atoms with Crippen LogP contribution in [0.1, 0.15) is 27.0 Å². The Bertz CT molecular complexity index is 1080. The van der Waals surface area contributed by atoms with E-state index in [-0.39, 0.29) is 5.91 Å². The number of thioether (sulfide) groups is 1. The van der Waals surface area contributed by atoms with E-state index < -0.39 is 0 Å². The number of nitrogens with one attached hydrogen (secondary N) is 1. The van der Waals surface area contributed by atoms with Gasteiger partial charge in [-0.25, -0.2) is 4.98 Å². The number of aromatic nitrogens is 3. The van der Waals surface area contributed by atoms with Gasteiger partial charge < -0.3 is 5.32 Å². The smallest absolute Gasteiger partial charge is 0.257 e. The predicted octanol–water partition coefficient (Wildman–Crippen LogP) is 4.66. The van der Waals surface area contributed by atoms with Gasteiger partial charge in [0.1, 0.15) is 5.04 Å². The summed E-state index contributed by atoms with van der Waals surface area (Å²) >= 11 is 1.47. The van der Waals surface area contributed by atoms with E-state index in [1.807, 2.05) is 32.0 Å². The quantitative estimate of drug-likeness (QED) is 0.495. The van der Waals surface area contributed by atoms with Crippen LogP contribution in [0.25, 0.3) is 11.3 Å². The van der Waals surface area contributed by atoms with Gasteiger partial charge in [0, 0.05) is 36.1 Å². The number of anilines is 1. The van der Waals surface area contributed by atoms with Gasteiger partial charge >= 0.3 is 0 Å². The largest absolute Gasteiger partial charge is 0.305 e. The zero-order chi connectivity index (χ0) is 20.8. The minimum atomic E-state index is -0.240. The maximum absolute atomic E-state index is 12.4. The Morgan fingerprint density at radius 2 is 1.97 bits per heavy atom. The second-order valence-electron chi connectivity index (χ2n) is 6.27. The summed E-state index contributed by atoms with van der Waals surface area (Å²) in [6, 6.07) is 7.77. The summed E-state index contributed by atoms with van der Waals surface area (Å²) in [4.78, 5) is 29.6. The normalized spacial score (nSPS) is 11.2. The molecule has 146 valence electrons. The van der Waals surface area contributed by atoms with E-state index in [9.17, 15) is 4.79 Å². The summed E-state index contributed by atoms with van der Waals surface area (Å²) in [6.07, 6.45) is 6.46. The zero-order valence-electron chi connectivity index (χ0n) is 16.5. The zero-order valence-corrected chi connectivity index (χ0v) is 17.3. The monoisotopic (exact) mass is 403 g/mol. The fraction of sp³-hybridized carbons (Fsp3) is 0.136. The molecule has 0 spiro atoms. The molecule has 1 N–H and O–H groups in total. The van der Waals surface area contributed by atoms with Crippen LogP contribution in [0.4, 0.5) is 5.82 Å². The molecular formula is C22H21N5OS. The van der Waals surface area contributed by atoms with E-state index in [0.717, 1.165) is 33.0 Å². The molecule has 29 heavy (non-hydrogen) atoms. The first-order valence-electron chi connectivity index (χ1n) is 8.93. The SMILES string of the molecule is C=CSC(=NC)c1ccc(C)c(-c2cnc(NC(=O)c3ccncc3C)cn2)c1. The summed E-state index contributed by atoms with van der Waals surface area (Å²) in [5.74, 6) is 0.150. The van der Waals surface area contributed by atoms with Crippen molar-refractivity contribution in [1.29, 1.82) is 0 Å². The fourth-order valence-corrected chi connectivity index (χ4v) is 3.33. The number of aryl methyl sites for hydroxylation is 2. The minimum absolute atomic E-state index is 0.240. The number of benzene rings is 1. The molecule has 6 nitrogen and oxygen atoms in total. The average Bonchev–Trinajstić information content (AvgIpc) is 2.73. The highest BCUT2D eigenvalue weighted by atomic mass is 32.2. The van der Waals surface area contributed by atoms with Crippen LogP contribution in [-0.4, -0.2) is 33.0 Å². The van der Waals surface area contributed by atoms with Crippen LogP contribution in [0, 0.1) is 13.8 Å². The molecule has 3 aromatic rings. The van der Waals surface area contributed by atoms with Crippen molar-refractivity contribution < 1.29 is 4.79 Å². The summed E-state index contributed by atoms with van der Waals surface area (Å²) in [6.45, 7) is 7.61. The first-order valence-corrected chi connectivity index (χ1v) is 9.81. The van der Waals surface area contributed by atoms with Gasteiger partial charge in [-0.15, -0.1) is 0 Å². The first-order chi connectivity index (χ1) is 14.0. The van der Waals surface area contributed by atoms with Gasteiger partial charge in [-0.1, -0.05) is 30.5 Å². The van der Waals surface area contributed by atoms with Gasteiger partial charge in [0.2, 0.25) is 0 Å². The molecule has 0 aliphatic carbocycles. The number of amides is 1. The predicted molar refractivity (Wildman–Crippen MR) is 119 cm³/mol. The third-order valence-corrected chi connectivity index (χ3v) is 5.13. The first kappa shape index (κ1) is 20.4. The highest BCUT2D eigenvalue weighted by molar-refractivity contribution is 8.16. The summed E-state index contributed by atoms with van der Waals surface area (Å²) in [5.41, 5.74) is 5.11. The summed E-state index contributed by atoms with van der Waals surface area (Å²) in [7, 11) is 1.76. The molecule has 0 aliphatic rings. The van der Waals surface area contributed by atoms with Gasteiger partial charge in [-0.2, -0.15) is 0 Å². The summed E-state index contributed by atoms with van der Waals surface area (Å²) < 4.78 is 0. The Morgan fingerprint density at radius 1 is 1.14 bits per heavy atom. The van der Waals surface area contributed by atoms with Crippen LogP contribution in [0.5, 0.6) is 0 Å². The topological polar surface area (TPSA) is 80.1 Å². The molecular weight excluding hydrogens is 382 g/mol. The number of nitrogens with zero attached hydrogens (tertiary/aromatic N) is 4. The highest BCUT2D eigenvalue weighted by Gasteiger charge is 2.12.